The van der Waals surface area contributed by atoms with Crippen molar-refractivity contribution >= 4 is 17.1 Å². The van der Waals surface area contributed by atoms with Crippen LogP contribution in [0.5, 0.6) is 0 Å². The molecule has 0 amide bonds. The third-order valence-electron chi connectivity index (χ3n) is 3.73. The van der Waals surface area contributed by atoms with Crippen LogP contribution in [-0.2, 0) is 0 Å². The smallest absolute Gasteiger partial charge is 0.214 e. The number of aryl methyl sites for hydroxylation is 1. The summed E-state index contributed by atoms with van der Waals surface area (Å²) in [6.07, 6.45) is 5.17. The highest BCUT2D eigenvalue weighted by Crippen LogP contribution is 2.32. The standard InChI is InChI=1S/C13H18N2O3S/c1-9-8-19-13(14-9)12(16)11(7-15(17)18)10-5-3-2-4-6-10/h8,10-11H,2-7H2,1H3/t11-/m1/s1. The van der Waals surface area contributed by atoms with E-state index >= 15 is 0 Å². The first kappa shape index (κ1) is 14.1. The largest absolute Gasteiger partial charge is 0.291 e. The van der Waals surface area contributed by atoms with Gasteiger partial charge < -0.3 is 0 Å². The topological polar surface area (TPSA) is 73.1 Å². The van der Waals surface area contributed by atoms with Gasteiger partial charge in [0.2, 0.25) is 12.3 Å². The molecule has 0 bridgehead atoms. The van der Waals surface area contributed by atoms with Crippen molar-refractivity contribution in [2.45, 2.75) is 39.0 Å². The Morgan fingerprint density at radius 3 is 2.74 bits per heavy atom. The highest BCUT2D eigenvalue weighted by Gasteiger charge is 2.35. The maximum Gasteiger partial charge on any atom is 0.214 e. The van der Waals surface area contributed by atoms with E-state index in [1.54, 1.807) is 0 Å². The van der Waals surface area contributed by atoms with E-state index in [1.807, 2.05) is 12.3 Å². The number of hydrogen-bond acceptors (Lipinski definition) is 5. The Morgan fingerprint density at radius 2 is 2.21 bits per heavy atom. The van der Waals surface area contributed by atoms with E-state index in [9.17, 15) is 14.9 Å². The number of hydrogen-bond donors (Lipinski definition) is 0. The average molecular weight is 282 g/mol. The van der Waals surface area contributed by atoms with Gasteiger partial charge in [-0.15, -0.1) is 11.3 Å². The van der Waals surface area contributed by atoms with Crippen LogP contribution in [0.2, 0.25) is 0 Å². The quantitative estimate of drug-likeness (QED) is 0.472. The second-order valence-electron chi connectivity index (χ2n) is 5.18. The number of nitro groups is 1. The molecule has 1 saturated carbocycles. The van der Waals surface area contributed by atoms with Gasteiger partial charge in [0.05, 0.1) is 5.92 Å². The summed E-state index contributed by atoms with van der Waals surface area (Å²) in [5, 5.41) is 13.1. The molecule has 0 aliphatic heterocycles. The van der Waals surface area contributed by atoms with Crippen molar-refractivity contribution in [2.75, 3.05) is 6.54 Å². The van der Waals surface area contributed by atoms with Crippen LogP contribution in [0.1, 0.15) is 47.6 Å². The molecule has 1 aliphatic rings. The van der Waals surface area contributed by atoms with Crippen molar-refractivity contribution in [3.05, 3.63) is 26.2 Å². The molecular formula is C13H18N2O3S. The van der Waals surface area contributed by atoms with Crippen LogP contribution in [0.4, 0.5) is 0 Å². The predicted molar refractivity (Wildman–Crippen MR) is 73.1 cm³/mol. The molecular weight excluding hydrogens is 264 g/mol. The SMILES string of the molecule is Cc1csc(C(=O)[C@H](C[N+](=O)[O-])C2CCCCC2)n1. The Balaban J connectivity index is 2.16. The fraction of sp³-hybridized carbons (Fsp3) is 0.692. The van der Waals surface area contributed by atoms with E-state index in [1.165, 1.54) is 17.8 Å². The Labute approximate surface area is 116 Å². The summed E-state index contributed by atoms with van der Waals surface area (Å²) in [4.78, 5) is 27.1. The maximum absolute atomic E-state index is 12.4. The molecule has 6 heteroatoms. The first-order valence-electron chi connectivity index (χ1n) is 6.66. The van der Waals surface area contributed by atoms with Gasteiger partial charge in [-0.3, -0.25) is 14.9 Å². The van der Waals surface area contributed by atoms with Crippen LogP contribution in [0, 0.1) is 28.9 Å². The molecule has 5 nitrogen and oxygen atoms in total. The van der Waals surface area contributed by atoms with E-state index in [0.717, 1.165) is 31.4 Å². The van der Waals surface area contributed by atoms with Crippen molar-refractivity contribution in [2.24, 2.45) is 11.8 Å². The van der Waals surface area contributed by atoms with Crippen molar-refractivity contribution in [1.29, 1.82) is 0 Å². The van der Waals surface area contributed by atoms with Crippen molar-refractivity contribution < 1.29 is 9.72 Å². The summed E-state index contributed by atoms with van der Waals surface area (Å²) < 4.78 is 0. The summed E-state index contributed by atoms with van der Waals surface area (Å²) in [6, 6.07) is 0. The normalized spacial score (nSPS) is 18.2. The third-order valence-corrected chi connectivity index (χ3v) is 4.71. The van der Waals surface area contributed by atoms with Gasteiger partial charge in [-0.1, -0.05) is 19.3 Å². The molecule has 0 saturated heterocycles. The van der Waals surface area contributed by atoms with Crippen molar-refractivity contribution in [1.82, 2.24) is 4.98 Å². The van der Waals surface area contributed by atoms with Crippen LogP contribution in [0.15, 0.2) is 5.38 Å². The summed E-state index contributed by atoms with van der Waals surface area (Å²) in [5.41, 5.74) is 0.803. The summed E-state index contributed by atoms with van der Waals surface area (Å²) in [6.45, 7) is 1.57. The molecule has 0 spiro atoms. The molecule has 1 atom stereocenters. The van der Waals surface area contributed by atoms with Gasteiger partial charge in [0.15, 0.2) is 5.01 Å². The molecule has 1 aliphatic carbocycles. The first-order valence-corrected chi connectivity index (χ1v) is 7.54. The van der Waals surface area contributed by atoms with Gasteiger partial charge in [0, 0.05) is 16.0 Å². The number of rotatable bonds is 5. The molecule has 1 fully saturated rings. The van der Waals surface area contributed by atoms with Gasteiger partial charge in [-0.05, 0) is 25.7 Å². The highest BCUT2D eigenvalue weighted by molar-refractivity contribution is 7.11. The molecule has 19 heavy (non-hydrogen) atoms. The van der Waals surface area contributed by atoms with Crippen LogP contribution in [0.3, 0.4) is 0 Å². The zero-order valence-corrected chi connectivity index (χ0v) is 11.8. The van der Waals surface area contributed by atoms with Crippen molar-refractivity contribution in [3.63, 3.8) is 0 Å². The molecule has 1 aromatic heterocycles. The summed E-state index contributed by atoms with van der Waals surface area (Å²) in [5.74, 6) is -0.488. The number of aromatic nitrogens is 1. The summed E-state index contributed by atoms with van der Waals surface area (Å²) in [7, 11) is 0. The minimum Gasteiger partial charge on any atom is -0.291 e. The second-order valence-corrected chi connectivity index (χ2v) is 6.04. The van der Waals surface area contributed by atoms with Crippen LogP contribution >= 0.6 is 11.3 Å². The van der Waals surface area contributed by atoms with E-state index in [0.29, 0.717) is 5.01 Å². The maximum atomic E-state index is 12.4. The molecule has 0 unspecified atom stereocenters. The van der Waals surface area contributed by atoms with Crippen LogP contribution in [0.25, 0.3) is 0 Å². The Morgan fingerprint density at radius 1 is 1.53 bits per heavy atom. The lowest BCUT2D eigenvalue weighted by Crippen LogP contribution is -2.32. The number of carbonyl (C=O) groups excluding carboxylic acids is 1. The van der Waals surface area contributed by atoms with Crippen LogP contribution in [-0.4, -0.2) is 22.2 Å². The number of thiazole rings is 1. The number of nitrogens with zero attached hydrogens (tertiary/aromatic N) is 2. The fourth-order valence-corrected chi connectivity index (χ4v) is 3.57. The molecule has 104 valence electrons. The zero-order chi connectivity index (χ0) is 13.8. The van der Waals surface area contributed by atoms with Gasteiger partial charge >= 0.3 is 0 Å². The fourth-order valence-electron chi connectivity index (χ4n) is 2.77. The molecule has 1 heterocycles. The first-order chi connectivity index (χ1) is 9.08. The molecule has 0 aromatic carbocycles. The van der Waals surface area contributed by atoms with Gasteiger partial charge in [-0.25, -0.2) is 4.98 Å². The lowest BCUT2D eigenvalue weighted by atomic mass is 9.78. The second kappa shape index (κ2) is 6.23. The van der Waals surface area contributed by atoms with E-state index in [-0.39, 0.29) is 23.2 Å². The predicted octanol–water partition coefficient (Wildman–Crippen LogP) is 3.11. The summed E-state index contributed by atoms with van der Waals surface area (Å²) >= 11 is 1.29. The lowest BCUT2D eigenvalue weighted by Gasteiger charge is -2.26. The number of Topliss-reactive ketones (excluding diaryl/α,β-unsaturated/α-hetero) is 1. The lowest BCUT2D eigenvalue weighted by molar-refractivity contribution is -0.487. The molecule has 1 aromatic rings. The highest BCUT2D eigenvalue weighted by atomic mass is 32.1. The van der Waals surface area contributed by atoms with Crippen molar-refractivity contribution in [3.8, 4) is 0 Å². The number of ketones is 1. The van der Waals surface area contributed by atoms with E-state index < -0.39 is 5.92 Å². The van der Waals surface area contributed by atoms with E-state index in [4.69, 9.17) is 0 Å². The zero-order valence-electron chi connectivity index (χ0n) is 11.0. The Hall–Kier alpha value is -1.30. The van der Waals surface area contributed by atoms with Gasteiger partial charge in [0.25, 0.3) is 0 Å². The minimum atomic E-state index is -0.499. The monoisotopic (exact) mass is 282 g/mol. The van der Waals surface area contributed by atoms with E-state index in [2.05, 4.69) is 4.98 Å². The average Bonchev–Trinajstić information content (AvgIpc) is 2.83. The van der Waals surface area contributed by atoms with Gasteiger partial charge in [0.1, 0.15) is 0 Å². The minimum absolute atomic E-state index is 0.137. The van der Waals surface area contributed by atoms with Crippen LogP contribution < -0.4 is 0 Å². The Bertz CT molecular complexity index is 466. The molecule has 0 radical (unpaired) electrons. The Kier molecular flexibility index (Phi) is 4.63. The number of carbonyl (C=O) groups is 1. The molecule has 2 rings (SSSR count). The third kappa shape index (κ3) is 3.59. The molecule has 0 N–H and O–H groups in total. The van der Waals surface area contributed by atoms with Gasteiger partial charge in [-0.2, -0.15) is 0 Å².